The minimum Gasteiger partial charge on any atom is -0.494 e. The van der Waals surface area contributed by atoms with Crippen molar-refractivity contribution in [1.82, 2.24) is 4.72 Å². The molecule has 118 valence electrons. The summed E-state index contributed by atoms with van der Waals surface area (Å²) in [7, 11) is -3.56. The van der Waals surface area contributed by atoms with Crippen LogP contribution in [0.25, 0.3) is 0 Å². The molecule has 0 aromatic heterocycles. The van der Waals surface area contributed by atoms with Gasteiger partial charge in [-0.3, -0.25) is 0 Å². The molecule has 0 saturated heterocycles. The lowest BCUT2D eigenvalue weighted by Gasteiger charge is -2.15. The molecule has 2 aromatic rings. The van der Waals surface area contributed by atoms with E-state index < -0.39 is 10.0 Å². The highest BCUT2D eigenvalue weighted by Crippen LogP contribution is 2.21. The van der Waals surface area contributed by atoms with Crippen LogP contribution in [0.2, 0.25) is 0 Å². The van der Waals surface area contributed by atoms with Crippen LogP contribution in [0.4, 0.5) is 0 Å². The molecule has 0 fully saturated rings. The Morgan fingerprint density at radius 2 is 1.86 bits per heavy atom. The summed E-state index contributed by atoms with van der Waals surface area (Å²) in [4.78, 5) is 0.236. The van der Waals surface area contributed by atoms with Gasteiger partial charge >= 0.3 is 0 Å². The Hall–Kier alpha value is -1.37. The van der Waals surface area contributed by atoms with Crippen molar-refractivity contribution < 1.29 is 13.2 Å². The molecule has 0 saturated carbocycles. The van der Waals surface area contributed by atoms with Gasteiger partial charge in [0.25, 0.3) is 0 Å². The standard InChI is InChI=1S/C16H18BrNO3S/c1-3-21-15-9-7-13(8-10-15)12(2)18-22(19,20)16-6-4-5-14(17)11-16/h4-12,18H,3H2,1-2H3. The lowest BCUT2D eigenvalue weighted by molar-refractivity contribution is 0.340. The van der Waals surface area contributed by atoms with E-state index in [2.05, 4.69) is 20.7 Å². The van der Waals surface area contributed by atoms with Crippen LogP contribution in [-0.4, -0.2) is 15.0 Å². The van der Waals surface area contributed by atoms with Gasteiger partial charge in [0.2, 0.25) is 10.0 Å². The molecule has 2 rings (SSSR count). The first-order chi connectivity index (χ1) is 10.4. The van der Waals surface area contributed by atoms with E-state index in [1.165, 1.54) is 0 Å². The van der Waals surface area contributed by atoms with E-state index in [9.17, 15) is 8.42 Å². The van der Waals surface area contributed by atoms with Crippen molar-refractivity contribution in [2.75, 3.05) is 6.61 Å². The Labute approximate surface area is 139 Å². The van der Waals surface area contributed by atoms with E-state index in [0.717, 1.165) is 15.8 Å². The predicted octanol–water partition coefficient (Wildman–Crippen LogP) is 3.89. The molecular formula is C16H18BrNO3S. The minimum atomic E-state index is -3.56. The van der Waals surface area contributed by atoms with Gasteiger partial charge in [0.1, 0.15) is 5.75 Å². The summed E-state index contributed by atoms with van der Waals surface area (Å²) in [6.45, 7) is 4.33. The molecular weight excluding hydrogens is 366 g/mol. The molecule has 2 aromatic carbocycles. The van der Waals surface area contributed by atoms with E-state index in [1.54, 1.807) is 24.3 Å². The summed E-state index contributed by atoms with van der Waals surface area (Å²) >= 11 is 3.28. The number of hydrogen-bond donors (Lipinski definition) is 1. The fraction of sp³-hybridized carbons (Fsp3) is 0.250. The highest BCUT2D eigenvalue weighted by atomic mass is 79.9. The fourth-order valence-electron chi connectivity index (χ4n) is 2.02. The number of benzene rings is 2. The quantitative estimate of drug-likeness (QED) is 0.822. The number of rotatable bonds is 6. The molecule has 1 unspecified atom stereocenters. The van der Waals surface area contributed by atoms with Crippen LogP contribution in [0.3, 0.4) is 0 Å². The Bertz CT molecular complexity index is 729. The second-order valence-corrected chi connectivity index (χ2v) is 7.43. The van der Waals surface area contributed by atoms with Gasteiger partial charge in [-0.15, -0.1) is 0 Å². The number of sulfonamides is 1. The fourth-order valence-corrected chi connectivity index (χ4v) is 3.85. The van der Waals surface area contributed by atoms with Crippen LogP contribution in [-0.2, 0) is 10.0 Å². The first-order valence-corrected chi connectivity index (χ1v) is 9.20. The van der Waals surface area contributed by atoms with Crippen molar-refractivity contribution >= 4 is 26.0 Å². The molecule has 0 spiro atoms. The Morgan fingerprint density at radius 3 is 2.45 bits per heavy atom. The second kappa shape index (κ2) is 7.26. The molecule has 0 aliphatic heterocycles. The molecule has 0 radical (unpaired) electrons. The van der Waals surface area contributed by atoms with Crippen LogP contribution >= 0.6 is 15.9 Å². The molecule has 0 aliphatic carbocycles. The average Bonchev–Trinajstić information content (AvgIpc) is 2.48. The molecule has 0 amide bonds. The third-order valence-electron chi connectivity index (χ3n) is 3.13. The van der Waals surface area contributed by atoms with E-state index >= 15 is 0 Å². The highest BCUT2D eigenvalue weighted by Gasteiger charge is 2.18. The van der Waals surface area contributed by atoms with Gasteiger partial charge < -0.3 is 4.74 Å². The zero-order valence-corrected chi connectivity index (χ0v) is 14.8. The zero-order chi connectivity index (χ0) is 16.2. The molecule has 1 atom stereocenters. The Kier molecular flexibility index (Phi) is 5.61. The maximum Gasteiger partial charge on any atom is 0.241 e. The SMILES string of the molecule is CCOc1ccc(C(C)NS(=O)(=O)c2cccc(Br)c2)cc1. The van der Waals surface area contributed by atoms with E-state index in [4.69, 9.17) is 4.74 Å². The van der Waals surface area contributed by atoms with Crippen LogP contribution < -0.4 is 9.46 Å². The summed E-state index contributed by atoms with van der Waals surface area (Å²) in [5, 5.41) is 0. The van der Waals surface area contributed by atoms with Crippen molar-refractivity contribution in [3.8, 4) is 5.75 Å². The van der Waals surface area contributed by atoms with Crippen LogP contribution in [0.1, 0.15) is 25.5 Å². The lowest BCUT2D eigenvalue weighted by Crippen LogP contribution is -2.26. The molecule has 0 heterocycles. The largest absolute Gasteiger partial charge is 0.494 e. The maximum atomic E-state index is 12.4. The van der Waals surface area contributed by atoms with Gasteiger partial charge in [-0.05, 0) is 49.7 Å². The number of hydrogen-bond acceptors (Lipinski definition) is 3. The summed E-state index contributed by atoms with van der Waals surface area (Å²) in [5.41, 5.74) is 0.877. The smallest absolute Gasteiger partial charge is 0.241 e. The number of nitrogens with one attached hydrogen (secondary N) is 1. The second-order valence-electron chi connectivity index (χ2n) is 4.80. The van der Waals surface area contributed by atoms with E-state index in [-0.39, 0.29) is 10.9 Å². The van der Waals surface area contributed by atoms with Crippen molar-refractivity contribution in [3.63, 3.8) is 0 Å². The van der Waals surface area contributed by atoms with Crippen LogP contribution in [0.5, 0.6) is 5.75 Å². The van der Waals surface area contributed by atoms with Crippen LogP contribution in [0, 0.1) is 0 Å². The predicted molar refractivity (Wildman–Crippen MR) is 90.5 cm³/mol. The third kappa shape index (κ3) is 4.32. The van der Waals surface area contributed by atoms with Gasteiger partial charge in [0.15, 0.2) is 0 Å². The van der Waals surface area contributed by atoms with Crippen molar-refractivity contribution in [3.05, 3.63) is 58.6 Å². The van der Waals surface area contributed by atoms with Crippen molar-refractivity contribution in [2.45, 2.75) is 24.8 Å². The zero-order valence-electron chi connectivity index (χ0n) is 12.4. The monoisotopic (exact) mass is 383 g/mol. The normalized spacial score (nSPS) is 12.9. The van der Waals surface area contributed by atoms with E-state index in [0.29, 0.717) is 6.61 Å². The van der Waals surface area contributed by atoms with Gasteiger partial charge in [-0.25, -0.2) is 13.1 Å². The molecule has 0 aliphatic rings. The summed E-state index contributed by atoms with van der Waals surface area (Å²) in [6, 6.07) is 13.7. The highest BCUT2D eigenvalue weighted by molar-refractivity contribution is 9.10. The van der Waals surface area contributed by atoms with Gasteiger partial charge in [-0.2, -0.15) is 0 Å². The topological polar surface area (TPSA) is 55.4 Å². The van der Waals surface area contributed by atoms with Gasteiger partial charge in [0, 0.05) is 10.5 Å². The Balaban J connectivity index is 2.15. The third-order valence-corrected chi connectivity index (χ3v) is 5.16. The number of ether oxygens (including phenoxy) is 1. The first-order valence-electron chi connectivity index (χ1n) is 6.93. The average molecular weight is 384 g/mol. The summed E-state index contributed by atoms with van der Waals surface area (Å²) < 4.78 is 33.5. The lowest BCUT2D eigenvalue weighted by atomic mass is 10.1. The molecule has 6 heteroatoms. The number of halogens is 1. The maximum absolute atomic E-state index is 12.4. The van der Waals surface area contributed by atoms with Crippen LogP contribution in [0.15, 0.2) is 57.9 Å². The first kappa shape index (κ1) is 17.0. The molecule has 1 N–H and O–H groups in total. The van der Waals surface area contributed by atoms with Gasteiger partial charge in [0.05, 0.1) is 11.5 Å². The van der Waals surface area contributed by atoms with Gasteiger partial charge in [-0.1, -0.05) is 34.1 Å². The van der Waals surface area contributed by atoms with Crippen molar-refractivity contribution in [2.24, 2.45) is 0 Å². The molecule has 22 heavy (non-hydrogen) atoms. The summed E-state index contributed by atoms with van der Waals surface area (Å²) in [6.07, 6.45) is 0. The molecule has 4 nitrogen and oxygen atoms in total. The Morgan fingerprint density at radius 1 is 1.18 bits per heavy atom. The van der Waals surface area contributed by atoms with Crippen molar-refractivity contribution in [1.29, 1.82) is 0 Å². The minimum absolute atomic E-state index is 0.236. The molecule has 0 bridgehead atoms. The summed E-state index contributed by atoms with van der Waals surface area (Å²) in [5.74, 6) is 0.772. The van der Waals surface area contributed by atoms with E-state index in [1.807, 2.05) is 38.1 Å².